The van der Waals surface area contributed by atoms with E-state index < -0.39 is 22.8 Å². The second-order valence-electron chi connectivity index (χ2n) is 13.2. The number of rotatable bonds is 9. The van der Waals surface area contributed by atoms with E-state index in [2.05, 4.69) is 11.0 Å². The van der Waals surface area contributed by atoms with E-state index in [0.29, 0.717) is 50.0 Å². The van der Waals surface area contributed by atoms with Crippen molar-refractivity contribution in [2.24, 2.45) is 0 Å². The molecule has 2 fully saturated rings. The van der Waals surface area contributed by atoms with Gasteiger partial charge in [0, 0.05) is 42.0 Å². The summed E-state index contributed by atoms with van der Waals surface area (Å²) in [5, 5.41) is 3.30. The van der Waals surface area contributed by atoms with E-state index in [9.17, 15) is 22.8 Å². The van der Waals surface area contributed by atoms with E-state index in [1.54, 1.807) is 11.0 Å². The van der Waals surface area contributed by atoms with Crippen LogP contribution in [0.25, 0.3) is 0 Å². The minimum Gasteiger partial charge on any atom is -0.468 e. The van der Waals surface area contributed by atoms with E-state index in [-0.39, 0.29) is 30.0 Å². The fourth-order valence-electron chi connectivity index (χ4n) is 6.07. The maximum atomic E-state index is 14.4. The summed E-state index contributed by atoms with van der Waals surface area (Å²) in [5.41, 5.74) is 5.64. The number of methoxy groups -OCH3 is 1. The number of esters is 1. The van der Waals surface area contributed by atoms with Gasteiger partial charge in [-0.05, 0) is 93.3 Å². The third-order valence-electron chi connectivity index (χ3n) is 8.76. The lowest BCUT2D eigenvalue weighted by Gasteiger charge is -2.40. The summed E-state index contributed by atoms with van der Waals surface area (Å²) in [4.78, 5) is 26.5. The highest BCUT2D eigenvalue weighted by Crippen LogP contribution is 2.50. The minimum absolute atomic E-state index is 0.0721. The van der Waals surface area contributed by atoms with Gasteiger partial charge in [0.2, 0.25) is 0 Å². The van der Waals surface area contributed by atoms with Crippen molar-refractivity contribution in [1.82, 2.24) is 4.90 Å². The number of halogens is 3. The highest BCUT2D eigenvalue weighted by atomic mass is 19.4. The van der Waals surface area contributed by atoms with Crippen LogP contribution in [0.2, 0.25) is 0 Å². The first kappa shape index (κ1) is 33.1. The van der Waals surface area contributed by atoms with Crippen LogP contribution in [0.15, 0.2) is 88.8 Å². The first-order chi connectivity index (χ1) is 21.7. The largest absolute Gasteiger partial charge is 0.468 e. The van der Waals surface area contributed by atoms with Crippen molar-refractivity contribution in [3.8, 4) is 0 Å². The molecule has 1 saturated heterocycles. The van der Waals surface area contributed by atoms with Crippen molar-refractivity contribution >= 4 is 17.7 Å². The summed E-state index contributed by atoms with van der Waals surface area (Å²) in [7, 11) is 1.36. The summed E-state index contributed by atoms with van der Waals surface area (Å²) in [6.07, 6.45) is 0.0990. The van der Waals surface area contributed by atoms with Crippen molar-refractivity contribution in [3.05, 3.63) is 106 Å². The summed E-state index contributed by atoms with van der Waals surface area (Å²) in [6.45, 7) is 8.49. The quantitative estimate of drug-likeness (QED) is 0.221. The number of allylic oxidation sites excluding steroid dienone is 4. The van der Waals surface area contributed by atoms with Gasteiger partial charge >= 0.3 is 18.2 Å². The molecular weight excluding hydrogens is 593 g/mol. The lowest BCUT2D eigenvalue weighted by Crippen LogP contribution is -2.50. The first-order valence-corrected chi connectivity index (χ1v) is 15.7. The topological polar surface area (TPSA) is 67.9 Å². The van der Waals surface area contributed by atoms with Gasteiger partial charge < -0.3 is 19.7 Å². The second kappa shape index (κ2) is 12.9. The van der Waals surface area contributed by atoms with Crippen molar-refractivity contribution < 1.29 is 32.2 Å². The molecule has 1 N–H and O–H groups in total. The highest BCUT2D eigenvalue weighted by Gasteiger charge is 2.53. The fraction of sp³-hybridized carbons (Fsp3) is 0.432. The third kappa shape index (κ3) is 7.26. The molecule has 5 rings (SSSR count). The smallest absolute Gasteiger partial charge is 0.417 e. The van der Waals surface area contributed by atoms with Crippen LogP contribution >= 0.6 is 0 Å². The predicted molar refractivity (Wildman–Crippen MR) is 171 cm³/mol. The molecule has 3 aliphatic rings. The number of hydrogen-bond donors (Lipinski definition) is 1. The average molecular weight is 635 g/mol. The Morgan fingerprint density at radius 3 is 2.28 bits per heavy atom. The average Bonchev–Trinajstić information content (AvgIpc) is 3.79. The van der Waals surface area contributed by atoms with Gasteiger partial charge in [-0.25, -0.2) is 4.79 Å². The molecule has 2 aliphatic carbocycles. The van der Waals surface area contributed by atoms with Crippen molar-refractivity contribution in [2.75, 3.05) is 25.5 Å². The molecule has 0 bridgehead atoms. The van der Waals surface area contributed by atoms with Gasteiger partial charge in [-0.3, -0.25) is 4.79 Å². The monoisotopic (exact) mass is 634 g/mol. The summed E-state index contributed by atoms with van der Waals surface area (Å²) in [5.74, 6) is -0.111. The van der Waals surface area contributed by atoms with Crippen LogP contribution < -0.4 is 5.32 Å². The molecule has 2 aromatic rings. The molecule has 2 aromatic carbocycles. The molecule has 1 amide bonds. The van der Waals surface area contributed by atoms with Gasteiger partial charge in [0.15, 0.2) is 0 Å². The number of alkyl halides is 3. The third-order valence-corrected chi connectivity index (χ3v) is 8.76. The van der Waals surface area contributed by atoms with E-state index in [4.69, 9.17) is 9.47 Å². The molecule has 46 heavy (non-hydrogen) atoms. The Labute approximate surface area is 268 Å². The Morgan fingerprint density at radius 2 is 1.70 bits per heavy atom. The Hall–Kier alpha value is -4.23. The maximum absolute atomic E-state index is 14.4. The number of ether oxygens (including phenoxy) is 2. The zero-order valence-corrected chi connectivity index (χ0v) is 27.0. The van der Waals surface area contributed by atoms with Crippen LogP contribution in [0.1, 0.15) is 76.0 Å². The number of nitrogens with one attached hydrogen (secondary N) is 1. The van der Waals surface area contributed by atoms with E-state index in [1.165, 1.54) is 13.2 Å². The number of aryl methyl sites for hydroxylation is 1. The van der Waals surface area contributed by atoms with Crippen LogP contribution in [-0.4, -0.2) is 48.9 Å². The number of benzene rings is 2. The number of anilines is 1. The van der Waals surface area contributed by atoms with E-state index in [0.717, 1.165) is 22.4 Å². The van der Waals surface area contributed by atoms with Crippen LogP contribution in [0, 0.1) is 0 Å². The van der Waals surface area contributed by atoms with Crippen LogP contribution in [0.4, 0.5) is 23.7 Å². The Bertz CT molecular complexity index is 1610. The Kier molecular flexibility index (Phi) is 9.28. The molecule has 1 aliphatic heterocycles. The molecule has 6 nitrogen and oxygen atoms in total. The van der Waals surface area contributed by atoms with Gasteiger partial charge in [-0.1, -0.05) is 43.3 Å². The minimum atomic E-state index is -4.56. The molecule has 0 atom stereocenters. The molecule has 0 unspecified atom stereocenters. The SMILES string of the molecule is CCC1=C(Nc2ccc(C3CN(C(=O)OC(C)(C)C)C3)cc2)C=C=C(CCc2ccccc2C2(C(=O)OC)CC2)C(C(F)(F)F)=C1. The van der Waals surface area contributed by atoms with Crippen LogP contribution in [-0.2, 0) is 26.1 Å². The number of hydrogen-bond acceptors (Lipinski definition) is 5. The predicted octanol–water partition coefficient (Wildman–Crippen LogP) is 8.52. The fourth-order valence-corrected chi connectivity index (χ4v) is 6.07. The zero-order chi connectivity index (χ0) is 33.3. The Balaban J connectivity index is 1.32. The number of amides is 1. The number of carbonyl (C=O) groups is 2. The second-order valence-corrected chi connectivity index (χ2v) is 13.2. The van der Waals surface area contributed by atoms with Gasteiger partial charge in [-0.15, -0.1) is 5.73 Å². The van der Waals surface area contributed by atoms with Crippen molar-refractivity contribution in [3.63, 3.8) is 0 Å². The van der Waals surface area contributed by atoms with Gasteiger partial charge in [0.25, 0.3) is 0 Å². The van der Waals surface area contributed by atoms with Gasteiger partial charge in [-0.2, -0.15) is 13.2 Å². The standard InChI is InChI=1S/C37H41F3N2O4/c1-6-24-21-31(37(38,39)40)27(12-11-26-9-7-8-10-30(26)36(19-20-36)33(43)45-5)15-18-32(24)41-29-16-13-25(14-17-29)28-22-42(23-28)34(44)46-35(2,3)4/h7-10,13-14,16-18,21,28,41H,6,11-12,19-20,22-23H2,1-5H3. The summed E-state index contributed by atoms with van der Waals surface area (Å²) >= 11 is 0. The van der Waals surface area contributed by atoms with E-state index in [1.807, 2.05) is 76.2 Å². The van der Waals surface area contributed by atoms with Crippen LogP contribution in [0.3, 0.4) is 0 Å². The van der Waals surface area contributed by atoms with Crippen molar-refractivity contribution in [1.29, 1.82) is 0 Å². The number of likely N-dealkylation sites (tertiary alicyclic amines) is 1. The molecule has 0 aromatic heterocycles. The number of carbonyl (C=O) groups excluding carboxylic acids is 2. The molecule has 244 valence electrons. The van der Waals surface area contributed by atoms with E-state index >= 15 is 0 Å². The molecule has 9 heteroatoms. The molecule has 1 heterocycles. The highest BCUT2D eigenvalue weighted by molar-refractivity contribution is 5.87. The lowest BCUT2D eigenvalue weighted by atomic mass is 9.88. The molecule has 0 spiro atoms. The lowest BCUT2D eigenvalue weighted by molar-refractivity contribution is -0.143. The van der Waals surface area contributed by atoms with Crippen LogP contribution in [0.5, 0.6) is 0 Å². The van der Waals surface area contributed by atoms with Gasteiger partial charge in [0.1, 0.15) is 5.60 Å². The first-order valence-electron chi connectivity index (χ1n) is 15.7. The summed E-state index contributed by atoms with van der Waals surface area (Å²) in [6, 6.07) is 15.2. The number of nitrogens with zero attached hydrogens (tertiary/aromatic N) is 1. The normalized spacial score (nSPS) is 17.9. The molecule has 0 radical (unpaired) electrons. The maximum Gasteiger partial charge on any atom is 0.417 e. The molecular formula is C37H41F3N2O4. The van der Waals surface area contributed by atoms with Gasteiger partial charge in [0.05, 0.1) is 18.1 Å². The molecule has 1 saturated carbocycles. The zero-order valence-electron chi connectivity index (χ0n) is 27.0. The summed E-state index contributed by atoms with van der Waals surface area (Å²) < 4.78 is 53.8. The Morgan fingerprint density at radius 1 is 1.02 bits per heavy atom. The van der Waals surface area contributed by atoms with Crippen molar-refractivity contribution in [2.45, 2.75) is 82.9 Å².